The highest BCUT2D eigenvalue weighted by Crippen LogP contribution is 2.25. The number of nitrogens with zero attached hydrogens (tertiary/aromatic N) is 2. The zero-order chi connectivity index (χ0) is 17.6. The molecule has 1 aromatic carbocycles. The van der Waals surface area contributed by atoms with Crippen molar-refractivity contribution in [2.45, 2.75) is 32.6 Å². The Hall–Kier alpha value is -1.59. The van der Waals surface area contributed by atoms with Crippen molar-refractivity contribution in [3.8, 4) is 0 Å². The number of amides is 2. The Labute approximate surface area is 151 Å². The summed E-state index contributed by atoms with van der Waals surface area (Å²) >= 11 is 0. The number of morpholine rings is 1. The Morgan fingerprint density at radius 2 is 2.00 bits per heavy atom. The van der Waals surface area contributed by atoms with E-state index in [4.69, 9.17) is 4.74 Å². The molecule has 2 aliphatic rings. The van der Waals surface area contributed by atoms with Crippen molar-refractivity contribution in [1.29, 1.82) is 0 Å². The van der Waals surface area contributed by atoms with Crippen molar-refractivity contribution in [2.75, 3.05) is 51.3 Å². The minimum absolute atomic E-state index is 0.0415. The van der Waals surface area contributed by atoms with E-state index in [0.29, 0.717) is 11.8 Å². The van der Waals surface area contributed by atoms with Gasteiger partial charge in [-0.3, -0.25) is 4.90 Å². The minimum atomic E-state index is 0.0415. The van der Waals surface area contributed by atoms with E-state index in [1.807, 2.05) is 23.1 Å². The summed E-state index contributed by atoms with van der Waals surface area (Å²) < 4.78 is 5.43. The predicted octanol–water partition coefficient (Wildman–Crippen LogP) is 3.39. The van der Waals surface area contributed by atoms with Crippen LogP contribution in [0, 0.1) is 5.92 Å². The molecule has 138 valence electrons. The summed E-state index contributed by atoms with van der Waals surface area (Å²) in [4.78, 5) is 17.2. The van der Waals surface area contributed by atoms with Crippen molar-refractivity contribution < 1.29 is 9.53 Å². The van der Waals surface area contributed by atoms with Gasteiger partial charge in [0, 0.05) is 38.4 Å². The number of para-hydroxylation sites is 1. The van der Waals surface area contributed by atoms with Gasteiger partial charge < -0.3 is 15.0 Å². The molecule has 1 N–H and O–H groups in total. The molecule has 2 amide bonds. The van der Waals surface area contributed by atoms with Crippen LogP contribution in [-0.4, -0.2) is 61.8 Å². The van der Waals surface area contributed by atoms with E-state index in [1.165, 1.54) is 12.0 Å². The van der Waals surface area contributed by atoms with Crippen LogP contribution in [0.15, 0.2) is 24.3 Å². The predicted molar refractivity (Wildman–Crippen MR) is 101 cm³/mol. The van der Waals surface area contributed by atoms with Crippen LogP contribution in [0.2, 0.25) is 0 Å². The third kappa shape index (κ3) is 4.95. The van der Waals surface area contributed by atoms with Crippen LogP contribution in [-0.2, 0) is 4.74 Å². The molecule has 2 fully saturated rings. The molecule has 1 aromatic rings. The lowest BCUT2D eigenvalue weighted by Crippen LogP contribution is -2.47. The average Bonchev–Trinajstić information content (AvgIpc) is 2.63. The number of ether oxygens (including phenoxy) is 1. The maximum atomic E-state index is 12.8. The number of likely N-dealkylation sites (tertiary alicyclic amines) is 1. The number of urea groups is 1. The average molecular weight is 345 g/mol. The zero-order valence-electron chi connectivity index (χ0n) is 15.5. The molecule has 3 rings (SSSR count). The Bertz CT molecular complexity index is 570. The van der Waals surface area contributed by atoms with Crippen LogP contribution in [0.4, 0.5) is 10.5 Å². The summed E-state index contributed by atoms with van der Waals surface area (Å²) in [6, 6.07) is 8.16. The topological polar surface area (TPSA) is 44.8 Å². The van der Waals surface area contributed by atoms with Crippen molar-refractivity contribution in [3.05, 3.63) is 29.8 Å². The molecule has 0 bridgehead atoms. The first kappa shape index (κ1) is 18.2. The van der Waals surface area contributed by atoms with Crippen molar-refractivity contribution >= 4 is 11.7 Å². The second kappa shape index (κ2) is 8.68. The maximum Gasteiger partial charge on any atom is 0.321 e. The lowest BCUT2D eigenvalue weighted by molar-refractivity contribution is 0.0252. The first-order chi connectivity index (χ1) is 12.1. The fraction of sp³-hybridized carbons (Fsp3) is 0.650. The highest BCUT2D eigenvalue weighted by atomic mass is 16.5. The highest BCUT2D eigenvalue weighted by Gasteiger charge is 2.26. The van der Waals surface area contributed by atoms with Crippen LogP contribution < -0.4 is 5.32 Å². The first-order valence-corrected chi connectivity index (χ1v) is 9.58. The lowest BCUT2D eigenvalue weighted by Gasteiger charge is -2.36. The fourth-order valence-corrected chi connectivity index (χ4v) is 3.86. The minimum Gasteiger partial charge on any atom is -0.379 e. The third-order valence-corrected chi connectivity index (χ3v) is 5.25. The van der Waals surface area contributed by atoms with Crippen molar-refractivity contribution in [2.24, 2.45) is 5.92 Å². The number of rotatable bonds is 4. The van der Waals surface area contributed by atoms with E-state index in [-0.39, 0.29) is 6.03 Å². The molecule has 2 heterocycles. The van der Waals surface area contributed by atoms with Crippen molar-refractivity contribution in [3.63, 3.8) is 0 Å². The van der Waals surface area contributed by atoms with Gasteiger partial charge >= 0.3 is 6.03 Å². The summed E-state index contributed by atoms with van der Waals surface area (Å²) in [5, 5.41) is 3.14. The van der Waals surface area contributed by atoms with Gasteiger partial charge in [-0.15, -0.1) is 0 Å². The Morgan fingerprint density at radius 3 is 2.76 bits per heavy atom. The molecule has 5 nitrogen and oxygen atoms in total. The number of piperidine rings is 1. The Balaban J connectivity index is 1.56. The van der Waals surface area contributed by atoms with Gasteiger partial charge in [-0.1, -0.05) is 32.0 Å². The molecule has 25 heavy (non-hydrogen) atoms. The third-order valence-electron chi connectivity index (χ3n) is 5.25. The molecule has 2 saturated heterocycles. The van der Waals surface area contributed by atoms with Gasteiger partial charge in [-0.25, -0.2) is 4.79 Å². The fourth-order valence-electron chi connectivity index (χ4n) is 3.86. The first-order valence-electron chi connectivity index (χ1n) is 9.58. The molecule has 5 heteroatoms. The normalized spacial score (nSPS) is 22.2. The summed E-state index contributed by atoms with van der Waals surface area (Å²) in [7, 11) is 0. The van der Waals surface area contributed by atoms with Crippen LogP contribution in [0.1, 0.15) is 38.2 Å². The second-order valence-corrected chi connectivity index (χ2v) is 7.54. The molecule has 0 aliphatic carbocycles. The summed E-state index contributed by atoms with van der Waals surface area (Å²) in [5.74, 6) is 0.963. The molecular weight excluding hydrogens is 314 g/mol. The maximum absolute atomic E-state index is 12.8. The van der Waals surface area contributed by atoms with Gasteiger partial charge in [0.15, 0.2) is 0 Å². The van der Waals surface area contributed by atoms with Crippen LogP contribution in [0.25, 0.3) is 0 Å². The highest BCUT2D eigenvalue weighted by molar-refractivity contribution is 5.90. The van der Waals surface area contributed by atoms with E-state index in [0.717, 1.165) is 58.0 Å². The zero-order valence-corrected chi connectivity index (χ0v) is 15.5. The van der Waals surface area contributed by atoms with E-state index in [2.05, 4.69) is 30.1 Å². The largest absolute Gasteiger partial charge is 0.379 e. The summed E-state index contributed by atoms with van der Waals surface area (Å²) in [6.07, 6.45) is 2.30. The number of carbonyl (C=O) groups excluding carboxylic acids is 1. The van der Waals surface area contributed by atoms with Gasteiger partial charge in [0.05, 0.1) is 13.2 Å². The molecule has 1 atom stereocenters. The molecule has 2 aliphatic heterocycles. The Morgan fingerprint density at radius 1 is 1.24 bits per heavy atom. The number of carbonyl (C=O) groups is 1. The molecular formula is C20H31N3O2. The van der Waals surface area contributed by atoms with Crippen molar-refractivity contribution in [1.82, 2.24) is 9.80 Å². The van der Waals surface area contributed by atoms with E-state index < -0.39 is 0 Å². The molecule has 0 aromatic heterocycles. The van der Waals surface area contributed by atoms with E-state index in [1.54, 1.807) is 0 Å². The number of benzene rings is 1. The van der Waals surface area contributed by atoms with Crippen LogP contribution >= 0.6 is 0 Å². The van der Waals surface area contributed by atoms with Gasteiger partial charge in [-0.05, 0) is 36.3 Å². The standard InChI is InChI=1S/C20H31N3O2/c1-16(2)18-7-3-4-8-19(18)21-20(24)23-9-5-6-17(15-23)14-22-10-12-25-13-11-22/h3-4,7-8,16-17H,5-6,9-15H2,1-2H3,(H,21,24)/t17-/m1/s1. The van der Waals surface area contributed by atoms with Gasteiger partial charge in [0.25, 0.3) is 0 Å². The molecule has 0 radical (unpaired) electrons. The molecule has 0 spiro atoms. The van der Waals surface area contributed by atoms with Crippen LogP contribution in [0.5, 0.6) is 0 Å². The molecule has 0 saturated carbocycles. The molecule has 0 unspecified atom stereocenters. The van der Waals surface area contributed by atoms with Gasteiger partial charge in [0.2, 0.25) is 0 Å². The lowest BCUT2D eigenvalue weighted by atomic mass is 9.97. The number of nitrogens with one attached hydrogen (secondary N) is 1. The van der Waals surface area contributed by atoms with E-state index in [9.17, 15) is 4.79 Å². The van der Waals surface area contributed by atoms with E-state index >= 15 is 0 Å². The summed E-state index contributed by atoms with van der Waals surface area (Å²) in [6.45, 7) is 10.8. The second-order valence-electron chi connectivity index (χ2n) is 7.54. The number of anilines is 1. The summed E-state index contributed by atoms with van der Waals surface area (Å²) in [5.41, 5.74) is 2.13. The quantitative estimate of drug-likeness (QED) is 0.910. The SMILES string of the molecule is CC(C)c1ccccc1NC(=O)N1CCC[C@H](CN2CCOCC2)C1. The Kier molecular flexibility index (Phi) is 6.32. The van der Waals surface area contributed by atoms with Crippen LogP contribution in [0.3, 0.4) is 0 Å². The van der Waals surface area contributed by atoms with Gasteiger partial charge in [0.1, 0.15) is 0 Å². The smallest absolute Gasteiger partial charge is 0.321 e. The van der Waals surface area contributed by atoms with Gasteiger partial charge in [-0.2, -0.15) is 0 Å². The number of hydrogen-bond donors (Lipinski definition) is 1. The number of hydrogen-bond acceptors (Lipinski definition) is 3. The monoisotopic (exact) mass is 345 g/mol.